The molecule has 0 atom stereocenters. The lowest BCUT2D eigenvalue weighted by Gasteiger charge is -2.21. The van der Waals surface area contributed by atoms with E-state index in [9.17, 15) is 9.90 Å². The molecule has 0 aromatic heterocycles. The van der Waals surface area contributed by atoms with Crippen molar-refractivity contribution in [1.29, 1.82) is 0 Å². The number of esters is 1. The Morgan fingerprint density at radius 2 is 1.89 bits per heavy atom. The van der Waals surface area contributed by atoms with Crippen molar-refractivity contribution in [3.63, 3.8) is 0 Å². The number of phenols is 1. The molecule has 0 saturated carbocycles. The van der Waals surface area contributed by atoms with Crippen LogP contribution in [-0.2, 0) is 4.74 Å². The molecule has 1 fully saturated rings. The third-order valence-corrected chi connectivity index (χ3v) is 3.06. The standard InChI is InChI=1S/C15H21NO3/c1-15(2,3)19-14(18)11-6-7-12(13(17)10-11)16-8-4-5-9-16/h6-7,10,17H,4-5,8-9H2,1-3H3. The molecule has 1 aliphatic heterocycles. The summed E-state index contributed by atoms with van der Waals surface area (Å²) in [5.74, 6) is -0.263. The molecule has 0 amide bonds. The summed E-state index contributed by atoms with van der Waals surface area (Å²) in [5.41, 5.74) is 0.653. The highest BCUT2D eigenvalue weighted by molar-refractivity contribution is 5.91. The van der Waals surface area contributed by atoms with Crippen LogP contribution in [0.4, 0.5) is 5.69 Å². The highest BCUT2D eigenvalue weighted by Crippen LogP contribution is 2.31. The molecule has 1 heterocycles. The first-order valence-corrected chi connectivity index (χ1v) is 6.68. The summed E-state index contributed by atoms with van der Waals surface area (Å²) in [7, 11) is 0. The normalized spacial score (nSPS) is 15.6. The summed E-state index contributed by atoms with van der Waals surface area (Å²) < 4.78 is 5.28. The molecule has 1 N–H and O–H groups in total. The van der Waals surface area contributed by atoms with Crippen molar-refractivity contribution in [3.05, 3.63) is 23.8 Å². The largest absolute Gasteiger partial charge is 0.506 e. The average molecular weight is 263 g/mol. The maximum absolute atomic E-state index is 11.9. The second-order valence-corrected chi connectivity index (χ2v) is 5.90. The minimum atomic E-state index is -0.527. The number of hydrogen-bond donors (Lipinski definition) is 1. The number of benzene rings is 1. The van der Waals surface area contributed by atoms with Crippen molar-refractivity contribution in [2.24, 2.45) is 0 Å². The third-order valence-electron chi connectivity index (χ3n) is 3.06. The van der Waals surface area contributed by atoms with Gasteiger partial charge in [-0.3, -0.25) is 0 Å². The van der Waals surface area contributed by atoms with Crippen LogP contribution in [0.25, 0.3) is 0 Å². The van der Waals surface area contributed by atoms with Crippen LogP contribution in [0.2, 0.25) is 0 Å². The van der Waals surface area contributed by atoms with Crippen molar-refractivity contribution in [1.82, 2.24) is 0 Å². The molecule has 2 rings (SSSR count). The molecular weight excluding hydrogens is 242 g/mol. The van der Waals surface area contributed by atoms with Crippen LogP contribution < -0.4 is 4.90 Å². The van der Waals surface area contributed by atoms with Gasteiger partial charge in [-0.2, -0.15) is 0 Å². The van der Waals surface area contributed by atoms with Crippen LogP contribution >= 0.6 is 0 Å². The topological polar surface area (TPSA) is 49.8 Å². The molecule has 0 spiro atoms. The number of aromatic hydroxyl groups is 1. The van der Waals surface area contributed by atoms with E-state index in [2.05, 4.69) is 4.90 Å². The fourth-order valence-electron chi connectivity index (χ4n) is 2.21. The minimum Gasteiger partial charge on any atom is -0.506 e. The number of rotatable bonds is 2. The number of anilines is 1. The van der Waals surface area contributed by atoms with Gasteiger partial charge in [0.05, 0.1) is 11.3 Å². The summed E-state index contributed by atoms with van der Waals surface area (Å²) in [6, 6.07) is 4.99. The molecule has 4 nitrogen and oxygen atoms in total. The molecule has 104 valence electrons. The summed E-state index contributed by atoms with van der Waals surface area (Å²) in [5, 5.41) is 10.0. The molecule has 1 saturated heterocycles. The highest BCUT2D eigenvalue weighted by Gasteiger charge is 2.20. The maximum Gasteiger partial charge on any atom is 0.338 e. The first kappa shape index (κ1) is 13.7. The predicted octanol–water partition coefficient (Wildman–Crippen LogP) is 2.95. The van der Waals surface area contributed by atoms with Gasteiger partial charge in [-0.15, -0.1) is 0 Å². The molecule has 0 bridgehead atoms. The average Bonchev–Trinajstić information content (AvgIpc) is 2.79. The Morgan fingerprint density at radius 3 is 2.42 bits per heavy atom. The van der Waals surface area contributed by atoms with Gasteiger partial charge in [-0.05, 0) is 51.8 Å². The Labute approximate surface area is 114 Å². The lowest BCUT2D eigenvalue weighted by Crippen LogP contribution is -2.24. The number of hydrogen-bond acceptors (Lipinski definition) is 4. The van der Waals surface area contributed by atoms with Crippen molar-refractivity contribution in [2.45, 2.75) is 39.2 Å². The zero-order valence-corrected chi connectivity index (χ0v) is 11.8. The second-order valence-electron chi connectivity index (χ2n) is 5.90. The summed E-state index contributed by atoms with van der Waals surface area (Å²) in [4.78, 5) is 14.0. The Morgan fingerprint density at radius 1 is 1.26 bits per heavy atom. The Kier molecular flexibility index (Phi) is 3.69. The molecule has 0 aliphatic carbocycles. The van der Waals surface area contributed by atoms with Gasteiger partial charge in [0.2, 0.25) is 0 Å². The van der Waals surface area contributed by atoms with Gasteiger partial charge < -0.3 is 14.7 Å². The van der Waals surface area contributed by atoms with Crippen LogP contribution in [0.15, 0.2) is 18.2 Å². The zero-order valence-electron chi connectivity index (χ0n) is 11.8. The first-order chi connectivity index (χ1) is 8.87. The van der Waals surface area contributed by atoms with Crippen molar-refractivity contribution < 1.29 is 14.6 Å². The van der Waals surface area contributed by atoms with E-state index >= 15 is 0 Å². The molecule has 4 heteroatoms. The van der Waals surface area contributed by atoms with E-state index in [4.69, 9.17) is 4.74 Å². The van der Waals surface area contributed by atoms with Gasteiger partial charge in [-0.25, -0.2) is 4.79 Å². The third kappa shape index (κ3) is 3.40. The highest BCUT2D eigenvalue weighted by atomic mass is 16.6. The summed E-state index contributed by atoms with van der Waals surface area (Å²) in [6.07, 6.45) is 2.29. The Balaban J connectivity index is 2.16. The lowest BCUT2D eigenvalue weighted by molar-refractivity contribution is 0.00691. The fourth-order valence-corrected chi connectivity index (χ4v) is 2.21. The minimum absolute atomic E-state index is 0.144. The van der Waals surface area contributed by atoms with Crippen molar-refractivity contribution in [3.8, 4) is 5.75 Å². The predicted molar refractivity (Wildman–Crippen MR) is 74.7 cm³/mol. The van der Waals surface area contributed by atoms with Gasteiger partial charge in [0.25, 0.3) is 0 Å². The van der Waals surface area contributed by atoms with Crippen LogP contribution in [0.5, 0.6) is 5.75 Å². The molecule has 1 aliphatic rings. The van der Waals surface area contributed by atoms with Gasteiger partial charge >= 0.3 is 5.97 Å². The van der Waals surface area contributed by atoms with Crippen LogP contribution in [0.3, 0.4) is 0 Å². The first-order valence-electron chi connectivity index (χ1n) is 6.68. The van der Waals surface area contributed by atoms with E-state index in [0.29, 0.717) is 5.56 Å². The van der Waals surface area contributed by atoms with E-state index < -0.39 is 11.6 Å². The van der Waals surface area contributed by atoms with Gasteiger partial charge in [0.15, 0.2) is 0 Å². The van der Waals surface area contributed by atoms with Crippen molar-refractivity contribution in [2.75, 3.05) is 18.0 Å². The Hall–Kier alpha value is -1.71. The zero-order chi connectivity index (χ0) is 14.0. The van der Waals surface area contributed by atoms with E-state index in [1.807, 2.05) is 20.8 Å². The van der Waals surface area contributed by atoms with Gasteiger partial charge in [0, 0.05) is 13.1 Å². The number of ether oxygens (including phenoxy) is 1. The Bertz CT molecular complexity index is 471. The van der Waals surface area contributed by atoms with Crippen molar-refractivity contribution >= 4 is 11.7 Å². The van der Waals surface area contributed by atoms with E-state index in [1.54, 1.807) is 12.1 Å². The molecule has 1 aromatic rings. The van der Waals surface area contributed by atoms with Crippen LogP contribution in [0, 0.1) is 0 Å². The monoisotopic (exact) mass is 263 g/mol. The van der Waals surface area contributed by atoms with Crippen LogP contribution in [-0.4, -0.2) is 29.8 Å². The smallest absolute Gasteiger partial charge is 0.338 e. The summed E-state index contributed by atoms with van der Waals surface area (Å²) >= 11 is 0. The van der Waals surface area contributed by atoms with Gasteiger partial charge in [-0.1, -0.05) is 0 Å². The quantitative estimate of drug-likeness (QED) is 0.833. The molecule has 1 aromatic carbocycles. The molecule has 0 unspecified atom stereocenters. The lowest BCUT2D eigenvalue weighted by atomic mass is 10.1. The molecule has 19 heavy (non-hydrogen) atoms. The number of carbonyl (C=O) groups excluding carboxylic acids is 1. The summed E-state index contributed by atoms with van der Waals surface area (Å²) in [6.45, 7) is 7.38. The van der Waals surface area contributed by atoms with E-state index in [1.165, 1.54) is 6.07 Å². The van der Waals surface area contributed by atoms with Gasteiger partial charge in [0.1, 0.15) is 11.4 Å². The number of carbonyl (C=O) groups is 1. The molecular formula is C15H21NO3. The van der Waals surface area contributed by atoms with E-state index in [0.717, 1.165) is 31.6 Å². The second kappa shape index (κ2) is 5.11. The number of nitrogens with zero attached hydrogens (tertiary/aromatic N) is 1. The molecule has 0 radical (unpaired) electrons. The van der Waals surface area contributed by atoms with E-state index in [-0.39, 0.29) is 5.75 Å². The maximum atomic E-state index is 11.9. The number of phenolic OH excluding ortho intramolecular Hbond substituents is 1. The SMILES string of the molecule is CC(C)(C)OC(=O)c1ccc(N2CCCC2)c(O)c1. The fraction of sp³-hybridized carbons (Fsp3) is 0.533. The van der Waals surface area contributed by atoms with Crippen LogP contribution in [0.1, 0.15) is 44.0 Å².